The third-order valence-corrected chi connectivity index (χ3v) is 2.32. The van der Waals surface area contributed by atoms with E-state index in [1.807, 2.05) is 17.9 Å². The first kappa shape index (κ1) is 12.2. The van der Waals surface area contributed by atoms with E-state index in [9.17, 15) is 0 Å². The predicted octanol–water partition coefficient (Wildman–Crippen LogP) is 0.502. The Labute approximate surface area is 92.3 Å². The van der Waals surface area contributed by atoms with E-state index in [0.717, 1.165) is 19.5 Å². The van der Waals surface area contributed by atoms with E-state index in [2.05, 4.69) is 42.5 Å². The van der Waals surface area contributed by atoms with E-state index < -0.39 is 0 Å². The molecule has 15 heavy (non-hydrogen) atoms. The molecule has 1 unspecified atom stereocenters. The van der Waals surface area contributed by atoms with Crippen molar-refractivity contribution in [2.24, 2.45) is 7.05 Å². The summed E-state index contributed by atoms with van der Waals surface area (Å²) in [6.45, 7) is 4.22. The van der Waals surface area contributed by atoms with Crippen molar-refractivity contribution in [3.05, 3.63) is 18.0 Å². The van der Waals surface area contributed by atoms with Crippen molar-refractivity contribution in [2.45, 2.75) is 19.4 Å². The van der Waals surface area contributed by atoms with Gasteiger partial charge in [0.2, 0.25) is 0 Å². The largest absolute Gasteiger partial charge is 0.313 e. The molecule has 4 nitrogen and oxygen atoms in total. The molecule has 1 N–H and O–H groups in total. The first-order valence-electron chi connectivity index (χ1n) is 5.47. The normalized spacial score (nSPS) is 13.4. The van der Waals surface area contributed by atoms with Crippen molar-refractivity contribution >= 4 is 0 Å². The Bertz CT molecular complexity index is 280. The molecule has 0 saturated carbocycles. The maximum absolute atomic E-state index is 4.18. The Hall–Kier alpha value is -0.870. The van der Waals surface area contributed by atoms with E-state index in [1.165, 1.54) is 5.56 Å². The molecule has 1 atom stereocenters. The lowest BCUT2D eigenvalue weighted by molar-refractivity contribution is 0.339. The average molecular weight is 210 g/mol. The lowest BCUT2D eigenvalue weighted by Crippen LogP contribution is -2.39. The van der Waals surface area contributed by atoms with Crippen LogP contribution in [-0.4, -0.2) is 47.9 Å². The monoisotopic (exact) mass is 210 g/mol. The van der Waals surface area contributed by atoms with Gasteiger partial charge in [0.25, 0.3) is 0 Å². The highest BCUT2D eigenvalue weighted by Gasteiger charge is 2.10. The fraction of sp³-hybridized carbons (Fsp3) is 0.727. The van der Waals surface area contributed by atoms with Gasteiger partial charge in [0, 0.05) is 25.8 Å². The molecular formula is C11H22N4. The van der Waals surface area contributed by atoms with Gasteiger partial charge in [-0.3, -0.25) is 4.68 Å². The molecule has 0 amide bonds. The third kappa shape index (κ3) is 4.44. The molecule has 0 aliphatic rings. The van der Waals surface area contributed by atoms with E-state index >= 15 is 0 Å². The van der Waals surface area contributed by atoms with E-state index in [1.54, 1.807) is 0 Å². The molecule has 1 aromatic heterocycles. The Morgan fingerprint density at radius 2 is 2.27 bits per heavy atom. The Morgan fingerprint density at radius 3 is 2.73 bits per heavy atom. The number of likely N-dealkylation sites (N-methyl/N-ethyl adjacent to an activating group) is 2. The number of aryl methyl sites for hydroxylation is 1. The molecule has 1 rings (SSSR count). The zero-order chi connectivity index (χ0) is 11.3. The van der Waals surface area contributed by atoms with Crippen LogP contribution in [0.1, 0.15) is 12.5 Å². The van der Waals surface area contributed by atoms with Crippen molar-refractivity contribution < 1.29 is 0 Å². The summed E-state index contributed by atoms with van der Waals surface area (Å²) in [4.78, 5) is 2.21. The molecule has 0 saturated heterocycles. The minimum absolute atomic E-state index is 0.509. The lowest BCUT2D eigenvalue weighted by atomic mass is 10.1. The number of rotatable bonds is 6. The summed E-state index contributed by atoms with van der Waals surface area (Å²) in [6.07, 6.45) is 5.07. The summed E-state index contributed by atoms with van der Waals surface area (Å²) < 4.78 is 1.86. The highest BCUT2D eigenvalue weighted by molar-refractivity contribution is 5.06. The number of hydrogen-bond acceptors (Lipinski definition) is 3. The molecule has 0 aliphatic heterocycles. The lowest BCUT2D eigenvalue weighted by Gasteiger charge is -2.21. The molecule has 86 valence electrons. The topological polar surface area (TPSA) is 33.1 Å². The number of hydrogen-bond donors (Lipinski definition) is 1. The summed E-state index contributed by atoms with van der Waals surface area (Å²) in [7, 11) is 6.17. The van der Waals surface area contributed by atoms with Gasteiger partial charge in [-0.1, -0.05) is 6.92 Å². The molecule has 0 aromatic carbocycles. The molecule has 0 spiro atoms. The van der Waals surface area contributed by atoms with Gasteiger partial charge in [-0.25, -0.2) is 0 Å². The van der Waals surface area contributed by atoms with Crippen LogP contribution >= 0.6 is 0 Å². The maximum Gasteiger partial charge on any atom is 0.0522 e. The summed E-state index contributed by atoms with van der Waals surface area (Å²) in [6, 6.07) is 0.509. The van der Waals surface area contributed by atoms with Crippen molar-refractivity contribution in [3.63, 3.8) is 0 Å². The van der Waals surface area contributed by atoms with Crippen LogP contribution in [0.5, 0.6) is 0 Å². The minimum atomic E-state index is 0.509. The number of nitrogens with one attached hydrogen (secondary N) is 1. The molecule has 0 aliphatic carbocycles. The van der Waals surface area contributed by atoms with Gasteiger partial charge < -0.3 is 10.2 Å². The highest BCUT2D eigenvalue weighted by Crippen LogP contribution is 2.02. The molecule has 1 aromatic rings. The van der Waals surface area contributed by atoms with Gasteiger partial charge in [-0.15, -0.1) is 0 Å². The minimum Gasteiger partial charge on any atom is -0.313 e. The molecule has 0 radical (unpaired) electrons. The molecule has 4 heteroatoms. The fourth-order valence-corrected chi connectivity index (χ4v) is 1.79. The zero-order valence-corrected chi connectivity index (χ0v) is 10.2. The SMILES string of the molecule is CCNC(Cc1cnn(C)c1)CN(C)C. The van der Waals surface area contributed by atoms with Crippen LogP contribution < -0.4 is 5.32 Å². The van der Waals surface area contributed by atoms with Crippen molar-refractivity contribution in [1.29, 1.82) is 0 Å². The predicted molar refractivity (Wildman–Crippen MR) is 62.9 cm³/mol. The van der Waals surface area contributed by atoms with Crippen LogP contribution in [0.15, 0.2) is 12.4 Å². The quantitative estimate of drug-likeness (QED) is 0.742. The van der Waals surface area contributed by atoms with E-state index in [0.29, 0.717) is 6.04 Å². The van der Waals surface area contributed by atoms with Crippen LogP contribution in [0.25, 0.3) is 0 Å². The standard InChI is InChI=1S/C11H22N4/c1-5-12-11(9-14(2)3)6-10-7-13-15(4)8-10/h7-8,11-12H,5-6,9H2,1-4H3. The first-order chi connectivity index (χ1) is 7.11. The van der Waals surface area contributed by atoms with Crippen molar-refractivity contribution in [3.8, 4) is 0 Å². The Kier molecular flexibility index (Phi) is 4.78. The first-order valence-corrected chi connectivity index (χ1v) is 5.47. The van der Waals surface area contributed by atoms with Gasteiger partial charge in [0.1, 0.15) is 0 Å². The van der Waals surface area contributed by atoms with Crippen LogP contribution in [-0.2, 0) is 13.5 Å². The van der Waals surface area contributed by atoms with Crippen molar-refractivity contribution in [2.75, 3.05) is 27.2 Å². The third-order valence-electron chi connectivity index (χ3n) is 2.32. The second kappa shape index (κ2) is 5.88. The summed E-state index contributed by atoms with van der Waals surface area (Å²) in [5.41, 5.74) is 1.30. The maximum atomic E-state index is 4.18. The average Bonchev–Trinajstić information content (AvgIpc) is 2.50. The van der Waals surface area contributed by atoms with E-state index in [-0.39, 0.29) is 0 Å². The smallest absolute Gasteiger partial charge is 0.0522 e. The van der Waals surface area contributed by atoms with Crippen molar-refractivity contribution in [1.82, 2.24) is 20.0 Å². The summed E-state index contributed by atoms with van der Waals surface area (Å²) >= 11 is 0. The van der Waals surface area contributed by atoms with Crippen LogP contribution in [0.3, 0.4) is 0 Å². The van der Waals surface area contributed by atoms with Crippen LogP contribution in [0.2, 0.25) is 0 Å². The summed E-state index contributed by atoms with van der Waals surface area (Å²) in [5, 5.41) is 7.68. The fourth-order valence-electron chi connectivity index (χ4n) is 1.79. The molecular weight excluding hydrogens is 188 g/mol. The molecule has 1 heterocycles. The molecule has 0 bridgehead atoms. The van der Waals surface area contributed by atoms with Gasteiger partial charge in [0.15, 0.2) is 0 Å². The number of nitrogens with zero attached hydrogens (tertiary/aromatic N) is 3. The molecule has 0 fully saturated rings. The Morgan fingerprint density at radius 1 is 1.53 bits per heavy atom. The van der Waals surface area contributed by atoms with Gasteiger partial charge in [-0.2, -0.15) is 5.10 Å². The van der Waals surface area contributed by atoms with E-state index in [4.69, 9.17) is 0 Å². The van der Waals surface area contributed by atoms with Gasteiger partial charge in [0.05, 0.1) is 6.20 Å². The Balaban J connectivity index is 2.50. The zero-order valence-electron chi connectivity index (χ0n) is 10.2. The van der Waals surface area contributed by atoms with Gasteiger partial charge in [-0.05, 0) is 32.6 Å². The summed E-state index contributed by atoms with van der Waals surface area (Å²) in [5.74, 6) is 0. The highest BCUT2D eigenvalue weighted by atomic mass is 15.2. The second-order valence-electron chi connectivity index (χ2n) is 4.24. The second-order valence-corrected chi connectivity index (χ2v) is 4.24. The van der Waals surface area contributed by atoms with Crippen LogP contribution in [0.4, 0.5) is 0 Å². The number of aromatic nitrogens is 2. The van der Waals surface area contributed by atoms with Crippen LogP contribution in [0, 0.1) is 0 Å². The van der Waals surface area contributed by atoms with Gasteiger partial charge >= 0.3 is 0 Å².